The van der Waals surface area contributed by atoms with Crippen LogP contribution in [-0.2, 0) is 17.2 Å². The highest BCUT2D eigenvalue weighted by molar-refractivity contribution is 7.85. The Morgan fingerprint density at radius 2 is 2.36 bits per heavy atom. The molecule has 0 aromatic carbocycles. The molecule has 1 N–H and O–H groups in total. The topological polar surface area (TPSA) is 32.9 Å². The lowest BCUT2D eigenvalue weighted by molar-refractivity contribution is 0.683. The number of nitrogens with one attached hydrogen (secondary N) is 1. The molecule has 1 unspecified atom stereocenters. The summed E-state index contributed by atoms with van der Waals surface area (Å²) in [4.78, 5) is 2.95. The van der Waals surface area contributed by atoms with Gasteiger partial charge in [-0.15, -0.1) is 0 Å². The van der Waals surface area contributed by atoms with Crippen molar-refractivity contribution in [3.8, 4) is 0 Å². The van der Waals surface area contributed by atoms with Crippen molar-refractivity contribution in [1.29, 1.82) is 0 Å². The first-order valence-electron chi connectivity index (χ1n) is 3.38. The van der Waals surface area contributed by atoms with Crippen LogP contribution in [0.4, 0.5) is 0 Å². The Bertz CT molecular complexity index is 369. The lowest BCUT2D eigenvalue weighted by atomic mass is 10.2. The normalized spacial score (nSPS) is 21.6. The third-order valence-corrected chi connectivity index (χ3v) is 3.38. The number of hydrogen-bond donors (Lipinski definition) is 1. The minimum absolute atomic E-state index is 0.666. The van der Waals surface area contributed by atoms with Gasteiger partial charge in [-0.05, 0) is 18.1 Å². The van der Waals surface area contributed by atoms with E-state index in [1.54, 1.807) is 0 Å². The summed E-state index contributed by atoms with van der Waals surface area (Å²) in [5.74, 6) is 0.741. The molecule has 2 nitrogen and oxygen atoms in total. The molecule has 0 amide bonds. The fraction of sp³-hybridized carbons (Fsp3) is 0.286. The molecule has 0 radical (unpaired) electrons. The van der Waals surface area contributed by atoms with Crippen LogP contribution in [-0.4, -0.2) is 14.9 Å². The van der Waals surface area contributed by atoms with E-state index in [2.05, 4.69) is 4.98 Å². The quantitative estimate of drug-likeness (QED) is 0.620. The van der Waals surface area contributed by atoms with Crippen LogP contribution >= 0.6 is 12.2 Å². The SMILES string of the molecule is O=S1CCc2ccc(=S)[nH]c21. The first kappa shape index (κ1) is 7.18. The molecule has 1 aliphatic rings. The molecule has 1 atom stereocenters. The van der Waals surface area contributed by atoms with E-state index < -0.39 is 10.8 Å². The molecule has 2 rings (SSSR count). The maximum Gasteiger partial charge on any atom is 0.108 e. The van der Waals surface area contributed by atoms with Gasteiger partial charge in [0.05, 0.1) is 10.8 Å². The molecule has 11 heavy (non-hydrogen) atoms. The maximum atomic E-state index is 11.3. The molecule has 0 bridgehead atoms. The van der Waals surface area contributed by atoms with Gasteiger partial charge in [0, 0.05) is 5.75 Å². The van der Waals surface area contributed by atoms with Crippen LogP contribution in [0.2, 0.25) is 0 Å². The monoisotopic (exact) mass is 185 g/mol. The second-order valence-corrected chi connectivity index (χ2v) is 4.42. The molecule has 4 heteroatoms. The van der Waals surface area contributed by atoms with E-state index in [0.717, 1.165) is 22.8 Å². The minimum atomic E-state index is -0.830. The molecule has 1 aromatic rings. The van der Waals surface area contributed by atoms with Gasteiger partial charge in [0.2, 0.25) is 0 Å². The van der Waals surface area contributed by atoms with Crippen LogP contribution in [0.15, 0.2) is 17.2 Å². The smallest absolute Gasteiger partial charge is 0.108 e. The lowest BCUT2D eigenvalue weighted by Gasteiger charge is -1.94. The van der Waals surface area contributed by atoms with Gasteiger partial charge in [-0.1, -0.05) is 18.3 Å². The van der Waals surface area contributed by atoms with E-state index in [-0.39, 0.29) is 0 Å². The third kappa shape index (κ3) is 1.16. The molecule has 0 saturated heterocycles. The van der Waals surface area contributed by atoms with Gasteiger partial charge in [0.15, 0.2) is 0 Å². The molecule has 2 heterocycles. The summed E-state index contributed by atoms with van der Waals surface area (Å²) < 4.78 is 11.9. The number of H-pyrrole nitrogens is 1. The lowest BCUT2D eigenvalue weighted by Crippen LogP contribution is -1.90. The maximum absolute atomic E-state index is 11.3. The van der Waals surface area contributed by atoms with Gasteiger partial charge in [0.1, 0.15) is 9.67 Å². The average molecular weight is 185 g/mol. The van der Waals surface area contributed by atoms with E-state index >= 15 is 0 Å². The van der Waals surface area contributed by atoms with Crippen LogP contribution in [0.3, 0.4) is 0 Å². The second kappa shape index (κ2) is 2.53. The molecule has 0 saturated carbocycles. The molecule has 58 valence electrons. The van der Waals surface area contributed by atoms with Gasteiger partial charge < -0.3 is 4.98 Å². The van der Waals surface area contributed by atoms with Crippen molar-refractivity contribution < 1.29 is 4.21 Å². The van der Waals surface area contributed by atoms with Crippen LogP contribution in [0.25, 0.3) is 0 Å². The molecular formula is C7H7NOS2. The summed E-state index contributed by atoms with van der Waals surface area (Å²) in [6.45, 7) is 0. The van der Waals surface area contributed by atoms with Crippen LogP contribution in [0.1, 0.15) is 5.56 Å². The molecule has 0 spiro atoms. The third-order valence-electron chi connectivity index (χ3n) is 1.75. The number of fused-ring (bicyclic) bond motifs is 1. The summed E-state index contributed by atoms with van der Waals surface area (Å²) >= 11 is 4.92. The Labute approximate surface area is 72.1 Å². The molecule has 1 aromatic heterocycles. The van der Waals surface area contributed by atoms with Gasteiger partial charge in [0.25, 0.3) is 0 Å². The van der Waals surface area contributed by atoms with Crippen molar-refractivity contribution in [2.75, 3.05) is 5.75 Å². The van der Waals surface area contributed by atoms with Crippen molar-refractivity contribution in [3.63, 3.8) is 0 Å². The number of pyridine rings is 1. The molecule has 1 aliphatic heterocycles. The van der Waals surface area contributed by atoms with Crippen molar-refractivity contribution in [1.82, 2.24) is 4.98 Å². The summed E-state index contributed by atoms with van der Waals surface area (Å²) in [6.07, 6.45) is 0.911. The second-order valence-electron chi connectivity index (χ2n) is 2.48. The van der Waals surface area contributed by atoms with E-state index in [9.17, 15) is 4.21 Å². The fourth-order valence-electron chi connectivity index (χ4n) is 1.19. The number of aromatic amines is 1. The Hall–Kier alpha value is -0.480. The minimum Gasteiger partial charge on any atom is -0.339 e. The molecule has 0 fully saturated rings. The van der Waals surface area contributed by atoms with Crippen LogP contribution in [0, 0.1) is 4.64 Å². The number of aromatic nitrogens is 1. The molecule has 0 aliphatic carbocycles. The van der Waals surface area contributed by atoms with Crippen LogP contribution < -0.4 is 0 Å². The Morgan fingerprint density at radius 1 is 1.55 bits per heavy atom. The zero-order valence-electron chi connectivity index (χ0n) is 5.79. The van der Waals surface area contributed by atoms with E-state index in [1.807, 2.05) is 12.1 Å². The van der Waals surface area contributed by atoms with E-state index in [4.69, 9.17) is 12.2 Å². The van der Waals surface area contributed by atoms with Gasteiger partial charge >= 0.3 is 0 Å². The zero-order chi connectivity index (χ0) is 7.84. The largest absolute Gasteiger partial charge is 0.339 e. The van der Waals surface area contributed by atoms with Crippen molar-refractivity contribution in [2.24, 2.45) is 0 Å². The van der Waals surface area contributed by atoms with Gasteiger partial charge in [-0.25, -0.2) is 0 Å². The van der Waals surface area contributed by atoms with E-state index in [1.165, 1.54) is 0 Å². The predicted octanol–water partition coefficient (Wildman–Crippen LogP) is 1.41. The number of rotatable bonds is 0. The number of hydrogen-bond acceptors (Lipinski definition) is 2. The average Bonchev–Trinajstić information content (AvgIpc) is 2.33. The highest BCUT2D eigenvalue weighted by Gasteiger charge is 2.17. The standard InChI is InChI=1S/C7H7NOS2/c9-11-4-3-5-1-2-6(10)8-7(5)11/h1-2H,3-4H2,(H,8,10). The van der Waals surface area contributed by atoms with Crippen LogP contribution in [0.5, 0.6) is 0 Å². The Balaban J connectivity index is 2.70. The van der Waals surface area contributed by atoms with Gasteiger partial charge in [-0.3, -0.25) is 4.21 Å². The summed E-state index contributed by atoms with van der Waals surface area (Å²) in [5, 5.41) is 0.831. The molecular weight excluding hydrogens is 178 g/mol. The number of aryl methyl sites for hydroxylation is 1. The summed E-state index contributed by atoms with van der Waals surface area (Å²) in [7, 11) is -0.830. The highest BCUT2D eigenvalue weighted by atomic mass is 32.2. The summed E-state index contributed by atoms with van der Waals surface area (Å²) in [6, 6.07) is 3.80. The fourth-order valence-corrected chi connectivity index (χ4v) is 2.72. The Kier molecular flexibility index (Phi) is 1.65. The zero-order valence-corrected chi connectivity index (χ0v) is 7.43. The van der Waals surface area contributed by atoms with Crippen molar-refractivity contribution in [3.05, 3.63) is 22.3 Å². The highest BCUT2D eigenvalue weighted by Crippen LogP contribution is 2.19. The Morgan fingerprint density at radius 3 is 3.18 bits per heavy atom. The van der Waals surface area contributed by atoms with E-state index in [0.29, 0.717) is 4.64 Å². The van der Waals surface area contributed by atoms with Crippen molar-refractivity contribution in [2.45, 2.75) is 11.4 Å². The first-order valence-corrected chi connectivity index (χ1v) is 5.11. The van der Waals surface area contributed by atoms with Gasteiger partial charge in [-0.2, -0.15) is 0 Å². The predicted molar refractivity (Wildman–Crippen MR) is 46.6 cm³/mol. The van der Waals surface area contributed by atoms with Crippen molar-refractivity contribution >= 4 is 23.0 Å². The summed E-state index contributed by atoms with van der Waals surface area (Å²) in [5.41, 5.74) is 1.15. The first-order chi connectivity index (χ1) is 5.27.